The fraction of sp³-hybridized carbons (Fsp3) is 0.207. The zero-order valence-corrected chi connectivity index (χ0v) is 22.1. The first-order chi connectivity index (χ1) is 17.7. The van der Waals surface area contributed by atoms with Crippen molar-refractivity contribution in [2.24, 2.45) is 0 Å². The summed E-state index contributed by atoms with van der Waals surface area (Å²) in [5.74, 6) is -1.20. The molecule has 1 atom stereocenters. The minimum absolute atomic E-state index is 0.0167. The third-order valence-corrected chi connectivity index (χ3v) is 7.54. The number of anilines is 2. The molecule has 4 aromatic rings. The molecule has 1 fully saturated rings. The lowest BCUT2D eigenvalue weighted by molar-refractivity contribution is -0.132. The van der Waals surface area contributed by atoms with Gasteiger partial charge in [0.05, 0.1) is 28.9 Å². The van der Waals surface area contributed by atoms with E-state index in [9.17, 15) is 14.7 Å². The Morgan fingerprint density at radius 2 is 1.78 bits per heavy atom. The number of ether oxygens (including phenoxy) is 1. The number of methoxy groups -OCH3 is 1. The Morgan fingerprint density at radius 3 is 2.46 bits per heavy atom. The van der Waals surface area contributed by atoms with E-state index in [1.165, 1.54) is 23.3 Å². The minimum Gasteiger partial charge on any atom is -0.507 e. The molecule has 8 heteroatoms. The molecule has 1 N–H and O–H groups in total. The van der Waals surface area contributed by atoms with Crippen LogP contribution in [-0.2, 0) is 9.59 Å². The number of aliphatic hydroxyl groups is 1. The van der Waals surface area contributed by atoms with Gasteiger partial charge in [0.15, 0.2) is 5.13 Å². The number of amides is 1. The molecule has 5 rings (SSSR count). The maximum absolute atomic E-state index is 13.5. The van der Waals surface area contributed by atoms with E-state index in [0.29, 0.717) is 22.0 Å². The number of hydrogen-bond donors (Lipinski definition) is 1. The van der Waals surface area contributed by atoms with E-state index in [-0.39, 0.29) is 11.3 Å². The van der Waals surface area contributed by atoms with Crippen LogP contribution < -0.4 is 14.5 Å². The van der Waals surface area contributed by atoms with E-state index in [1.807, 2.05) is 69.2 Å². The van der Waals surface area contributed by atoms with Crippen LogP contribution in [0.25, 0.3) is 16.0 Å². The van der Waals surface area contributed by atoms with Gasteiger partial charge in [-0.1, -0.05) is 41.7 Å². The molecule has 1 aliphatic rings. The van der Waals surface area contributed by atoms with Crippen LogP contribution in [0.2, 0.25) is 0 Å². The number of nitrogens with zero attached hydrogens (tertiary/aromatic N) is 3. The maximum Gasteiger partial charge on any atom is 0.301 e. The van der Waals surface area contributed by atoms with Crippen molar-refractivity contribution in [3.63, 3.8) is 0 Å². The molecule has 188 valence electrons. The van der Waals surface area contributed by atoms with E-state index in [2.05, 4.69) is 0 Å². The van der Waals surface area contributed by atoms with Gasteiger partial charge >= 0.3 is 5.91 Å². The second kappa shape index (κ2) is 9.37. The molecule has 0 aliphatic carbocycles. The molecule has 3 aromatic carbocycles. The van der Waals surface area contributed by atoms with Gasteiger partial charge in [-0.3, -0.25) is 14.5 Å². The topological polar surface area (TPSA) is 83.0 Å². The molecule has 0 saturated carbocycles. The highest BCUT2D eigenvalue weighted by Gasteiger charge is 2.48. The van der Waals surface area contributed by atoms with Crippen molar-refractivity contribution < 1.29 is 19.4 Å². The van der Waals surface area contributed by atoms with Gasteiger partial charge in [-0.05, 0) is 60.9 Å². The number of hydrogen-bond acceptors (Lipinski definition) is 7. The summed E-state index contributed by atoms with van der Waals surface area (Å²) < 4.78 is 6.23. The highest BCUT2D eigenvalue weighted by Crippen LogP contribution is 2.45. The Labute approximate surface area is 219 Å². The second-order valence-electron chi connectivity index (χ2n) is 9.31. The van der Waals surface area contributed by atoms with E-state index < -0.39 is 17.7 Å². The van der Waals surface area contributed by atoms with Crippen LogP contribution in [0.15, 0.2) is 66.2 Å². The minimum atomic E-state index is -0.843. The number of carbonyl (C=O) groups is 2. The van der Waals surface area contributed by atoms with Crippen molar-refractivity contribution in [1.82, 2.24) is 4.98 Å². The first-order valence-corrected chi connectivity index (χ1v) is 12.6. The van der Waals surface area contributed by atoms with E-state index in [0.717, 1.165) is 27.0 Å². The molecular formula is C29H27N3O4S. The van der Waals surface area contributed by atoms with Crippen LogP contribution in [0.3, 0.4) is 0 Å². The van der Waals surface area contributed by atoms with Crippen LogP contribution in [0, 0.1) is 13.8 Å². The number of aromatic nitrogens is 1. The molecule has 1 aliphatic heterocycles. The fourth-order valence-corrected chi connectivity index (χ4v) is 5.86. The number of rotatable bonds is 5. The Bertz CT molecular complexity index is 1570. The summed E-state index contributed by atoms with van der Waals surface area (Å²) in [4.78, 5) is 35.2. The highest BCUT2D eigenvalue weighted by atomic mass is 32.1. The second-order valence-corrected chi connectivity index (χ2v) is 10.3. The number of thiazole rings is 1. The Hall–Kier alpha value is -4.17. The van der Waals surface area contributed by atoms with Gasteiger partial charge in [0, 0.05) is 25.3 Å². The SMILES string of the molecule is COc1cccc(C(O)=C2C(=O)C(=O)N(c3nc4c(C)cc(C)cc4s3)C2c2ccc(N(C)C)cc2)c1. The molecule has 1 saturated heterocycles. The third-order valence-electron chi connectivity index (χ3n) is 6.54. The van der Waals surface area contributed by atoms with E-state index in [4.69, 9.17) is 9.72 Å². The Morgan fingerprint density at radius 1 is 1.05 bits per heavy atom. The highest BCUT2D eigenvalue weighted by molar-refractivity contribution is 7.22. The van der Waals surface area contributed by atoms with Gasteiger partial charge in [-0.25, -0.2) is 4.98 Å². The zero-order chi connectivity index (χ0) is 26.4. The third kappa shape index (κ3) is 4.23. The summed E-state index contributed by atoms with van der Waals surface area (Å²) in [7, 11) is 5.41. The van der Waals surface area contributed by atoms with Crippen LogP contribution in [-0.4, -0.2) is 43.0 Å². The predicted octanol–water partition coefficient (Wildman–Crippen LogP) is 5.61. The number of ketones is 1. The molecule has 1 aromatic heterocycles. The van der Waals surface area contributed by atoms with Crippen molar-refractivity contribution in [3.8, 4) is 5.75 Å². The van der Waals surface area contributed by atoms with Crippen molar-refractivity contribution in [1.29, 1.82) is 0 Å². The summed E-state index contributed by atoms with van der Waals surface area (Å²) in [5.41, 5.74) is 4.96. The predicted molar refractivity (Wildman–Crippen MR) is 148 cm³/mol. The average Bonchev–Trinajstić information content (AvgIpc) is 3.42. The molecule has 1 unspecified atom stereocenters. The van der Waals surface area contributed by atoms with E-state index >= 15 is 0 Å². The number of fused-ring (bicyclic) bond motifs is 1. The molecule has 37 heavy (non-hydrogen) atoms. The van der Waals surface area contributed by atoms with Crippen LogP contribution >= 0.6 is 11.3 Å². The summed E-state index contributed by atoms with van der Waals surface area (Å²) in [6.07, 6.45) is 0. The molecule has 2 heterocycles. The molecule has 1 amide bonds. The molecule has 0 spiro atoms. The van der Waals surface area contributed by atoms with Gasteiger partial charge in [-0.2, -0.15) is 0 Å². The number of Topliss-reactive ketones (excluding diaryl/α,β-unsaturated/α-hetero) is 1. The van der Waals surface area contributed by atoms with Gasteiger partial charge in [0.1, 0.15) is 11.5 Å². The normalized spacial score (nSPS) is 17.0. The summed E-state index contributed by atoms with van der Waals surface area (Å²) in [6, 6.07) is 17.6. The number of aryl methyl sites for hydroxylation is 2. The monoisotopic (exact) mass is 513 g/mol. The van der Waals surface area contributed by atoms with Gasteiger partial charge < -0.3 is 14.7 Å². The smallest absolute Gasteiger partial charge is 0.301 e. The average molecular weight is 514 g/mol. The standard InChI is InChI=1S/C29H27N3O4S/c1-16-13-17(2)24-22(14-16)37-29(30-24)32-25(18-9-11-20(12-10-18)31(3)4)23(27(34)28(32)35)26(33)19-7-6-8-21(15-19)36-5/h6-15,25,33H,1-5H3. The number of carbonyl (C=O) groups excluding carboxylic acids is 2. The van der Waals surface area contributed by atoms with Gasteiger partial charge in [0.2, 0.25) is 0 Å². The van der Waals surface area contributed by atoms with E-state index in [1.54, 1.807) is 24.3 Å². The Balaban J connectivity index is 1.73. The zero-order valence-electron chi connectivity index (χ0n) is 21.3. The van der Waals surface area contributed by atoms with Crippen molar-refractivity contribution >= 4 is 49.8 Å². The number of aliphatic hydroxyl groups excluding tert-OH is 1. The van der Waals surface area contributed by atoms with Gasteiger partial charge in [0.25, 0.3) is 5.78 Å². The van der Waals surface area contributed by atoms with Crippen molar-refractivity contribution in [2.75, 3.05) is 31.0 Å². The summed E-state index contributed by atoms with van der Waals surface area (Å²) in [6.45, 7) is 3.99. The summed E-state index contributed by atoms with van der Waals surface area (Å²) in [5, 5.41) is 11.8. The van der Waals surface area contributed by atoms with Gasteiger partial charge in [-0.15, -0.1) is 0 Å². The molecular weight excluding hydrogens is 486 g/mol. The Kier molecular flexibility index (Phi) is 6.21. The molecule has 0 bridgehead atoms. The van der Waals surface area contributed by atoms with Crippen molar-refractivity contribution in [3.05, 3.63) is 88.5 Å². The first-order valence-electron chi connectivity index (χ1n) is 11.8. The van der Waals surface area contributed by atoms with Crippen LogP contribution in [0.1, 0.15) is 28.3 Å². The van der Waals surface area contributed by atoms with Crippen LogP contribution in [0.4, 0.5) is 10.8 Å². The van der Waals surface area contributed by atoms with Crippen molar-refractivity contribution in [2.45, 2.75) is 19.9 Å². The number of benzene rings is 3. The lowest BCUT2D eigenvalue weighted by Crippen LogP contribution is -2.29. The largest absolute Gasteiger partial charge is 0.507 e. The fourth-order valence-electron chi connectivity index (χ4n) is 4.69. The maximum atomic E-state index is 13.5. The van der Waals surface area contributed by atoms with Crippen LogP contribution in [0.5, 0.6) is 5.75 Å². The summed E-state index contributed by atoms with van der Waals surface area (Å²) >= 11 is 1.36. The molecule has 7 nitrogen and oxygen atoms in total. The lowest BCUT2D eigenvalue weighted by atomic mass is 9.95. The quantitative estimate of drug-likeness (QED) is 0.212. The first kappa shape index (κ1) is 24.5. The lowest BCUT2D eigenvalue weighted by Gasteiger charge is -2.23. The molecule has 0 radical (unpaired) electrons.